The summed E-state index contributed by atoms with van der Waals surface area (Å²) in [5.74, 6) is 2.07. The Morgan fingerprint density at radius 2 is 2.40 bits per heavy atom. The van der Waals surface area contributed by atoms with Crippen LogP contribution in [0.25, 0.3) is 0 Å². The molecule has 0 amide bonds. The molecular weight excluding hydrogens is 268 g/mol. The summed E-state index contributed by atoms with van der Waals surface area (Å²) in [4.78, 5) is 25.2. The first kappa shape index (κ1) is 13.1. The Bertz CT molecular complexity index is 717. The maximum absolute atomic E-state index is 11.8. The van der Waals surface area contributed by atoms with E-state index in [2.05, 4.69) is 5.92 Å². The minimum atomic E-state index is -2.19. The van der Waals surface area contributed by atoms with E-state index in [1.165, 1.54) is 13.1 Å². The lowest BCUT2D eigenvalue weighted by Crippen LogP contribution is -2.48. The van der Waals surface area contributed by atoms with Gasteiger partial charge in [0.2, 0.25) is 0 Å². The Labute approximate surface area is 114 Å². The number of H-pyrrole nitrogens is 1. The summed E-state index contributed by atoms with van der Waals surface area (Å²) < 4.78 is 13.0. The van der Waals surface area contributed by atoms with Gasteiger partial charge in [0, 0.05) is 11.8 Å². The third-order valence-electron chi connectivity index (χ3n) is 3.30. The van der Waals surface area contributed by atoms with Gasteiger partial charge in [0.1, 0.15) is 13.6 Å². The van der Waals surface area contributed by atoms with E-state index >= 15 is 0 Å². The molecule has 8 heteroatoms. The Kier molecular flexibility index (Phi) is 3.19. The normalized spacial score (nSPS) is 33.4. The predicted molar refractivity (Wildman–Crippen MR) is 66.8 cm³/mol. The zero-order valence-electron chi connectivity index (χ0n) is 11.5. The van der Waals surface area contributed by atoms with Gasteiger partial charge in [-0.2, -0.15) is 0 Å². The van der Waals surface area contributed by atoms with Crippen LogP contribution in [0, 0.1) is 19.2 Å². The van der Waals surface area contributed by atoms with E-state index in [0.717, 1.165) is 4.57 Å². The third kappa shape index (κ3) is 1.97. The van der Waals surface area contributed by atoms with Crippen LogP contribution in [-0.2, 0) is 4.74 Å². The number of aliphatic hydroxyl groups is 3. The second-order valence-electron chi connectivity index (χ2n) is 4.57. The molecule has 4 N–H and O–H groups in total. The molecule has 2 heterocycles. The summed E-state index contributed by atoms with van der Waals surface area (Å²) in [6, 6.07) is 0. The topological polar surface area (TPSA) is 125 Å². The highest BCUT2D eigenvalue weighted by molar-refractivity contribution is 5.20. The molecule has 1 aliphatic rings. The number of ether oxygens (including phenoxy) is 1. The average molecular weight is 283 g/mol. The van der Waals surface area contributed by atoms with E-state index < -0.39 is 41.9 Å². The van der Waals surface area contributed by atoms with Crippen LogP contribution in [0.1, 0.15) is 13.2 Å². The summed E-state index contributed by atoms with van der Waals surface area (Å²) >= 11 is 0. The molecule has 20 heavy (non-hydrogen) atoms. The molecule has 0 aromatic carbocycles. The molecule has 0 aliphatic carbocycles. The highest BCUT2D eigenvalue weighted by atomic mass is 16.6. The Hall–Kier alpha value is -1.92. The minimum Gasteiger partial charge on any atom is -0.394 e. The van der Waals surface area contributed by atoms with Crippen molar-refractivity contribution in [3.05, 3.63) is 32.6 Å². The first-order chi connectivity index (χ1) is 9.85. The average Bonchev–Trinajstić information content (AvgIpc) is 2.67. The highest BCUT2D eigenvalue weighted by Crippen LogP contribution is 2.35. The molecule has 0 bridgehead atoms. The van der Waals surface area contributed by atoms with Crippen molar-refractivity contribution in [2.75, 3.05) is 6.61 Å². The summed E-state index contributed by atoms with van der Waals surface area (Å²) in [5, 5.41) is 29.6. The van der Waals surface area contributed by atoms with Gasteiger partial charge in [-0.3, -0.25) is 14.3 Å². The molecule has 1 unspecified atom stereocenters. The first-order valence-electron chi connectivity index (χ1n) is 6.28. The largest absolute Gasteiger partial charge is 0.394 e. The molecular formula is C12H14N2O6. The van der Waals surface area contributed by atoms with E-state index in [9.17, 15) is 24.9 Å². The second kappa shape index (κ2) is 4.88. The van der Waals surface area contributed by atoms with Crippen LogP contribution in [0.5, 0.6) is 0 Å². The SMILES string of the molecule is [2H]C#C[C@]1(O)[C@@H](CO)OC(n2cc(C)c(=O)[nH]c2=O)[C@@H]1O. The van der Waals surface area contributed by atoms with Crippen LogP contribution in [0.2, 0.25) is 0 Å². The summed E-state index contributed by atoms with van der Waals surface area (Å²) in [6.07, 6.45) is -1.46. The van der Waals surface area contributed by atoms with E-state index in [1.54, 1.807) is 6.40 Å². The number of aryl methyl sites for hydroxylation is 1. The molecule has 0 saturated carbocycles. The fraction of sp³-hybridized carbons (Fsp3) is 0.500. The number of nitrogens with zero attached hydrogens (tertiary/aromatic N) is 1. The van der Waals surface area contributed by atoms with Gasteiger partial charge in [0.05, 0.1) is 6.61 Å². The van der Waals surface area contributed by atoms with Gasteiger partial charge in [-0.05, 0) is 6.92 Å². The number of nitrogens with one attached hydrogen (secondary N) is 1. The van der Waals surface area contributed by atoms with Crippen LogP contribution in [0.3, 0.4) is 0 Å². The van der Waals surface area contributed by atoms with Crippen LogP contribution in [-0.4, -0.2) is 49.3 Å². The number of hydrogen-bond donors (Lipinski definition) is 4. The number of aromatic amines is 1. The van der Waals surface area contributed by atoms with E-state index in [0.29, 0.717) is 0 Å². The van der Waals surface area contributed by atoms with Crippen molar-refractivity contribution in [3.63, 3.8) is 0 Å². The zero-order valence-corrected chi connectivity index (χ0v) is 10.5. The molecule has 4 atom stereocenters. The summed E-state index contributed by atoms with van der Waals surface area (Å²) in [5.41, 5.74) is -3.41. The van der Waals surface area contributed by atoms with Crippen LogP contribution in [0.4, 0.5) is 0 Å². The molecule has 1 saturated heterocycles. The van der Waals surface area contributed by atoms with E-state index in [-0.39, 0.29) is 5.56 Å². The first-order valence-corrected chi connectivity index (χ1v) is 5.78. The molecule has 1 aliphatic heterocycles. The Balaban J connectivity index is 2.52. The van der Waals surface area contributed by atoms with Gasteiger partial charge < -0.3 is 20.1 Å². The molecule has 8 nitrogen and oxygen atoms in total. The molecule has 1 aromatic rings. The van der Waals surface area contributed by atoms with Gasteiger partial charge in [-0.15, -0.1) is 6.40 Å². The van der Waals surface area contributed by atoms with Crippen molar-refractivity contribution in [2.45, 2.75) is 31.0 Å². The van der Waals surface area contributed by atoms with Crippen LogP contribution in [0.15, 0.2) is 15.8 Å². The van der Waals surface area contributed by atoms with Gasteiger partial charge in [0.15, 0.2) is 11.8 Å². The number of aromatic nitrogens is 2. The maximum Gasteiger partial charge on any atom is 0.330 e. The number of hydrogen-bond acceptors (Lipinski definition) is 6. The highest BCUT2D eigenvalue weighted by Gasteiger charge is 2.55. The standard InChI is InChI=1S/C12H14N2O6/c1-3-12(19)7(5-15)20-10(8(12)16)14-4-6(2)9(17)13-11(14)18/h1,4,7-8,10,15-16,19H,5H2,2H3,(H,13,17,18)/t7-,8+,10?,12+/m1/s1/i1D. The van der Waals surface area contributed by atoms with Gasteiger partial charge in [0.25, 0.3) is 5.56 Å². The smallest absolute Gasteiger partial charge is 0.330 e. The Morgan fingerprint density at radius 1 is 1.70 bits per heavy atom. The number of rotatable bonds is 2. The maximum atomic E-state index is 11.8. The fourth-order valence-corrected chi connectivity index (χ4v) is 2.08. The summed E-state index contributed by atoms with van der Waals surface area (Å²) in [7, 11) is 0. The number of terminal acetylenes is 1. The van der Waals surface area contributed by atoms with Gasteiger partial charge in [-0.25, -0.2) is 4.79 Å². The quantitative estimate of drug-likeness (QED) is 0.443. The van der Waals surface area contributed by atoms with Gasteiger partial charge in [-0.1, -0.05) is 5.92 Å². The van der Waals surface area contributed by atoms with Gasteiger partial charge >= 0.3 is 5.69 Å². The molecule has 0 spiro atoms. The van der Waals surface area contributed by atoms with Crippen LogP contribution >= 0.6 is 0 Å². The van der Waals surface area contributed by atoms with Crippen molar-refractivity contribution in [1.82, 2.24) is 9.55 Å². The van der Waals surface area contributed by atoms with E-state index in [1.807, 2.05) is 4.98 Å². The van der Waals surface area contributed by atoms with Crippen molar-refractivity contribution in [3.8, 4) is 12.3 Å². The summed E-state index contributed by atoms with van der Waals surface area (Å²) in [6.45, 7) is 0.783. The molecule has 108 valence electrons. The van der Waals surface area contributed by atoms with Crippen molar-refractivity contribution in [1.29, 1.82) is 0 Å². The molecule has 1 aromatic heterocycles. The van der Waals surface area contributed by atoms with Crippen molar-refractivity contribution < 1.29 is 21.4 Å². The predicted octanol–water partition coefficient (Wildman–Crippen LogP) is -2.54. The second-order valence-corrected chi connectivity index (χ2v) is 4.57. The fourth-order valence-electron chi connectivity index (χ4n) is 2.08. The van der Waals surface area contributed by atoms with Crippen molar-refractivity contribution in [2.24, 2.45) is 0 Å². The van der Waals surface area contributed by atoms with E-state index in [4.69, 9.17) is 6.11 Å². The minimum absolute atomic E-state index is 0.202. The monoisotopic (exact) mass is 283 g/mol. The lowest BCUT2D eigenvalue weighted by molar-refractivity contribution is -0.0625. The Morgan fingerprint density at radius 3 is 3.00 bits per heavy atom. The lowest BCUT2D eigenvalue weighted by atomic mass is 9.93. The van der Waals surface area contributed by atoms with Crippen molar-refractivity contribution >= 4 is 0 Å². The molecule has 0 radical (unpaired) electrons. The molecule has 2 rings (SSSR count). The third-order valence-corrected chi connectivity index (χ3v) is 3.30. The van der Waals surface area contributed by atoms with Crippen LogP contribution < -0.4 is 11.2 Å². The zero-order chi connectivity index (χ0) is 15.8. The number of aliphatic hydroxyl groups excluding tert-OH is 2. The lowest BCUT2D eigenvalue weighted by Gasteiger charge is -2.24. The molecule has 1 fully saturated rings.